The molecule has 2 aromatic carbocycles. The van der Waals surface area contributed by atoms with Crippen molar-refractivity contribution in [2.75, 3.05) is 32.7 Å². The Morgan fingerprint density at radius 1 is 1.07 bits per heavy atom. The number of carbonyl (C=O) groups excluding carboxylic acids is 1. The minimum absolute atomic E-state index is 0.0716. The first kappa shape index (κ1) is 21.0. The normalized spacial score (nSPS) is 15.5. The van der Waals surface area contributed by atoms with Gasteiger partial charge in [-0.2, -0.15) is 5.10 Å². The lowest BCUT2D eigenvalue weighted by molar-refractivity contribution is -0.122. The summed E-state index contributed by atoms with van der Waals surface area (Å²) in [5, 5.41) is 4.15. The average Bonchev–Trinajstić information content (AvgIpc) is 2.73. The van der Waals surface area contributed by atoms with E-state index in [0.29, 0.717) is 6.54 Å². The first-order chi connectivity index (χ1) is 14.2. The molecule has 0 bridgehead atoms. The average molecular weight is 391 g/mol. The Labute approximate surface area is 173 Å². The van der Waals surface area contributed by atoms with Crippen LogP contribution in [-0.4, -0.2) is 54.6 Å². The van der Waals surface area contributed by atoms with Gasteiger partial charge in [0, 0.05) is 32.7 Å². The SMILES string of the molecule is C=CCc1cccc(/C=N/NC(=O)CN2CCN(Cc3ccccc3)CC2)c1C. The number of carbonyl (C=O) groups is 1. The Hall–Kier alpha value is -2.76. The van der Waals surface area contributed by atoms with Crippen molar-refractivity contribution in [3.8, 4) is 0 Å². The van der Waals surface area contributed by atoms with Crippen LogP contribution in [0.1, 0.15) is 22.3 Å². The van der Waals surface area contributed by atoms with Gasteiger partial charge in [0.2, 0.25) is 0 Å². The van der Waals surface area contributed by atoms with Gasteiger partial charge in [-0.25, -0.2) is 5.43 Å². The molecule has 0 saturated carbocycles. The van der Waals surface area contributed by atoms with Gasteiger partial charge in [-0.3, -0.25) is 14.6 Å². The highest BCUT2D eigenvalue weighted by Crippen LogP contribution is 2.13. The summed E-state index contributed by atoms with van der Waals surface area (Å²) in [5.74, 6) is -0.0716. The summed E-state index contributed by atoms with van der Waals surface area (Å²) in [6.45, 7) is 10.9. The van der Waals surface area contributed by atoms with E-state index in [9.17, 15) is 4.79 Å². The molecular weight excluding hydrogens is 360 g/mol. The molecule has 1 N–H and O–H groups in total. The molecule has 0 spiro atoms. The molecular formula is C24H30N4O. The number of amides is 1. The largest absolute Gasteiger partial charge is 0.297 e. The van der Waals surface area contributed by atoms with Crippen LogP contribution in [0.2, 0.25) is 0 Å². The lowest BCUT2D eigenvalue weighted by Gasteiger charge is -2.34. The van der Waals surface area contributed by atoms with Crippen molar-refractivity contribution in [1.29, 1.82) is 0 Å². The summed E-state index contributed by atoms with van der Waals surface area (Å²) in [6, 6.07) is 16.6. The Morgan fingerprint density at radius 3 is 2.52 bits per heavy atom. The number of allylic oxidation sites excluding steroid dienone is 1. The summed E-state index contributed by atoms with van der Waals surface area (Å²) in [4.78, 5) is 16.8. The molecule has 0 radical (unpaired) electrons. The molecule has 0 aromatic heterocycles. The molecule has 0 unspecified atom stereocenters. The van der Waals surface area contributed by atoms with E-state index < -0.39 is 0 Å². The predicted octanol–water partition coefficient (Wildman–Crippen LogP) is 2.99. The fourth-order valence-electron chi connectivity index (χ4n) is 3.58. The molecule has 1 fully saturated rings. The summed E-state index contributed by atoms with van der Waals surface area (Å²) in [5.41, 5.74) is 7.40. The van der Waals surface area contributed by atoms with Gasteiger partial charge in [0.25, 0.3) is 5.91 Å². The first-order valence-corrected chi connectivity index (χ1v) is 10.2. The Bertz CT molecular complexity index is 839. The smallest absolute Gasteiger partial charge is 0.254 e. The van der Waals surface area contributed by atoms with Gasteiger partial charge < -0.3 is 0 Å². The van der Waals surface area contributed by atoms with Crippen LogP contribution in [0, 0.1) is 6.92 Å². The van der Waals surface area contributed by atoms with Gasteiger partial charge >= 0.3 is 0 Å². The van der Waals surface area contributed by atoms with Crippen LogP contribution < -0.4 is 5.43 Å². The summed E-state index contributed by atoms with van der Waals surface area (Å²) < 4.78 is 0. The minimum atomic E-state index is -0.0716. The number of hydrogen-bond acceptors (Lipinski definition) is 4. The molecule has 3 rings (SSSR count). The van der Waals surface area contributed by atoms with E-state index in [2.05, 4.69) is 64.2 Å². The Morgan fingerprint density at radius 2 is 1.79 bits per heavy atom. The molecule has 5 heteroatoms. The fraction of sp³-hybridized carbons (Fsp3) is 0.333. The molecule has 29 heavy (non-hydrogen) atoms. The zero-order valence-electron chi connectivity index (χ0n) is 17.2. The van der Waals surface area contributed by atoms with Crippen molar-refractivity contribution >= 4 is 12.1 Å². The first-order valence-electron chi connectivity index (χ1n) is 10.2. The summed E-state index contributed by atoms with van der Waals surface area (Å²) in [6.07, 6.45) is 4.44. The monoisotopic (exact) mass is 390 g/mol. The number of piperazine rings is 1. The third kappa shape index (κ3) is 6.38. The van der Waals surface area contributed by atoms with E-state index in [-0.39, 0.29) is 5.91 Å². The molecule has 1 aliphatic rings. The quantitative estimate of drug-likeness (QED) is 0.428. The molecule has 1 heterocycles. The summed E-state index contributed by atoms with van der Waals surface area (Å²) >= 11 is 0. The van der Waals surface area contributed by atoms with Crippen LogP contribution in [0.15, 0.2) is 66.3 Å². The molecule has 152 valence electrons. The van der Waals surface area contributed by atoms with Gasteiger partial charge in [-0.15, -0.1) is 6.58 Å². The van der Waals surface area contributed by atoms with Crippen LogP contribution in [0.3, 0.4) is 0 Å². The molecule has 1 aliphatic heterocycles. The number of nitrogens with one attached hydrogen (secondary N) is 1. The predicted molar refractivity (Wildman–Crippen MR) is 119 cm³/mol. The molecule has 1 saturated heterocycles. The minimum Gasteiger partial charge on any atom is -0.297 e. The van der Waals surface area contributed by atoms with Gasteiger partial charge in [0.1, 0.15) is 0 Å². The van der Waals surface area contributed by atoms with Crippen LogP contribution in [-0.2, 0) is 17.8 Å². The maximum atomic E-state index is 12.2. The van der Waals surface area contributed by atoms with E-state index in [4.69, 9.17) is 0 Å². The fourth-order valence-corrected chi connectivity index (χ4v) is 3.58. The Kier molecular flexibility index (Phi) is 7.73. The molecule has 2 aromatic rings. The lowest BCUT2D eigenvalue weighted by Crippen LogP contribution is -2.48. The van der Waals surface area contributed by atoms with Gasteiger partial charge in [0.05, 0.1) is 12.8 Å². The van der Waals surface area contributed by atoms with E-state index in [1.807, 2.05) is 24.3 Å². The zero-order valence-corrected chi connectivity index (χ0v) is 17.2. The standard InChI is InChI=1S/C24H30N4O/c1-3-8-22-11-7-12-23(20(22)2)17-25-26-24(29)19-28-15-13-27(14-16-28)18-21-9-5-4-6-10-21/h3-7,9-12,17H,1,8,13-16,18-19H2,2H3,(H,26,29)/b25-17+. The van der Waals surface area contributed by atoms with Crippen molar-refractivity contribution in [1.82, 2.24) is 15.2 Å². The van der Waals surface area contributed by atoms with Crippen molar-refractivity contribution in [3.05, 3.63) is 83.4 Å². The molecule has 1 amide bonds. The Balaban J connectivity index is 1.42. The van der Waals surface area contributed by atoms with Crippen LogP contribution in [0.4, 0.5) is 0 Å². The van der Waals surface area contributed by atoms with Crippen molar-refractivity contribution in [2.45, 2.75) is 19.9 Å². The molecule has 0 atom stereocenters. The van der Waals surface area contributed by atoms with Crippen molar-refractivity contribution in [3.63, 3.8) is 0 Å². The second kappa shape index (κ2) is 10.7. The zero-order chi connectivity index (χ0) is 20.5. The topological polar surface area (TPSA) is 47.9 Å². The van der Waals surface area contributed by atoms with Crippen molar-refractivity contribution in [2.24, 2.45) is 5.10 Å². The van der Waals surface area contributed by atoms with Gasteiger partial charge in [-0.1, -0.05) is 54.6 Å². The molecule has 0 aliphatic carbocycles. The van der Waals surface area contributed by atoms with E-state index in [1.165, 1.54) is 16.7 Å². The van der Waals surface area contributed by atoms with Crippen LogP contribution >= 0.6 is 0 Å². The van der Waals surface area contributed by atoms with E-state index in [1.54, 1.807) is 6.21 Å². The van der Waals surface area contributed by atoms with E-state index in [0.717, 1.165) is 44.7 Å². The number of nitrogens with zero attached hydrogens (tertiary/aromatic N) is 3. The second-order valence-corrected chi connectivity index (χ2v) is 7.46. The third-order valence-electron chi connectivity index (χ3n) is 5.33. The number of benzene rings is 2. The van der Waals surface area contributed by atoms with Gasteiger partial charge in [-0.05, 0) is 35.6 Å². The number of hydrogen-bond donors (Lipinski definition) is 1. The highest BCUT2D eigenvalue weighted by atomic mass is 16.2. The second-order valence-electron chi connectivity index (χ2n) is 7.46. The van der Waals surface area contributed by atoms with Gasteiger partial charge in [0.15, 0.2) is 0 Å². The number of hydrazone groups is 1. The van der Waals surface area contributed by atoms with Crippen molar-refractivity contribution < 1.29 is 4.79 Å². The maximum Gasteiger partial charge on any atom is 0.254 e. The lowest BCUT2D eigenvalue weighted by atomic mass is 10.0. The highest BCUT2D eigenvalue weighted by Gasteiger charge is 2.18. The van der Waals surface area contributed by atoms with Crippen LogP contribution in [0.25, 0.3) is 0 Å². The van der Waals surface area contributed by atoms with E-state index >= 15 is 0 Å². The number of rotatable bonds is 8. The third-order valence-corrected chi connectivity index (χ3v) is 5.33. The maximum absolute atomic E-state index is 12.2. The van der Waals surface area contributed by atoms with Crippen LogP contribution in [0.5, 0.6) is 0 Å². The highest BCUT2D eigenvalue weighted by molar-refractivity contribution is 5.84. The summed E-state index contributed by atoms with van der Waals surface area (Å²) in [7, 11) is 0. The molecule has 5 nitrogen and oxygen atoms in total.